The average Bonchev–Trinajstić information content (AvgIpc) is 2.66. The maximum Gasteiger partial charge on any atom is -0.0152 e. The first-order chi connectivity index (χ1) is 12.6. The predicted molar refractivity (Wildman–Crippen MR) is 115 cm³/mol. The second kappa shape index (κ2) is 8.19. The summed E-state index contributed by atoms with van der Waals surface area (Å²) < 4.78 is 0. The molecule has 0 unspecified atom stereocenters. The first-order valence-electron chi connectivity index (χ1n) is 9.48. The number of hydrogen-bond acceptors (Lipinski definition) is 0. The topological polar surface area (TPSA) is 0 Å². The fourth-order valence-corrected chi connectivity index (χ4v) is 3.45. The van der Waals surface area contributed by atoms with Crippen LogP contribution in [0.25, 0.3) is 22.3 Å². The van der Waals surface area contributed by atoms with Gasteiger partial charge in [0.1, 0.15) is 0 Å². The Morgan fingerprint density at radius 2 is 1.15 bits per heavy atom. The highest BCUT2D eigenvalue weighted by Gasteiger charge is 2.09. The molecule has 0 bridgehead atoms. The molecule has 0 fully saturated rings. The Bertz CT molecular complexity index is 894. The lowest BCUT2D eigenvalue weighted by Gasteiger charge is -2.15. The number of aryl methyl sites for hydroxylation is 2. The van der Waals surface area contributed by atoms with Gasteiger partial charge in [-0.1, -0.05) is 78.4 Å². The predicted octanol–water partition coefficient (Wildman–Crippen LogP) is 7.45. The molecule has 0 atom stereocenters. The molecule has 0 aromatic heterocycles. The lowest BCUT2D eigenvalue weighted by atomic mass is 9.90. The van der Waals surface area contributed by atoms with Gasteiger partial charge in [0.15, 0.2) is 0 Å². The lowest BCUT2D eigenvalue weighted by molar-refractivity contribution is 1.000. The maximum atomic E-state index is 2.27. The van der Waals surface area contributed by atoms with Crippen LogP contribution < -0.4 is 0 Å². The number of allylic oxidation sites excluding steroid dienone is 2. The summed E-state index contributed by atoms with van der Waals surface area (Å²) in [5, 5.41) is 0. The molecule has 3 aromatic rings. The van der Waals surface area contributed by atoms with Crippen LogP contribution in [0, 0.1) is 20.8 Å². The third-order valence-electron chi connectivity index (χ3n) is 5.25. The second-order valence-corrected chi connectivity index (χ2v) is 7.08. The second-order valence-electron chi connectivity index (χ2n) is 7.08. The zero-order valence-electron chi connectivity index (χ0n) is 16.3. The SMILES string of the molecule is C/C=C/CCc1ccc(-c2ccc(-c3ccc(C)cc3)c(C)c2C)cc1. The van der Waals surface area contributed by atoms with E-state index in [4.69, 9.17) is 0 Å². The van der Waals surface area contributed by atoms with Crippen molar-refractivity contribution in [1.29, 1.82) is 0 Å². The summed E-state index contributed by atoms with van der Waals surface area (Å²) in [5.74, 6) is 0. The molecule has 0 heterocycles. The van der Waals surface area contributed by atoms with E-state index in [-0.39, 0.29) is 0 Å². The molecule has 3 aromatic carbocycles. The molecule has 0 saturated heterocycles. The van der Waals surface area contributed by atoms with Crippen LogP contribution in [0.1, 0.15) is 35.6 Å². The Morgan fingerprint density at radius 3 is 1.65 bits per heavy atom. The molecule has 0 heteroatoms. The van der Waals surface area contributed by atoms with Crippen LogP contribution in [-0.4, -0.2) is 0 Å². The number of hydrogen-bond donors (Lipinski definition) is 0. The minimum atomic E-state index is 1.11. The van der Waals surface area contributed by atoms with Crippen molar-refractivity contribution >= 4 is 0 Å². The van der Waals surface area contributed by atoms with E-state index >= 15 is 0 Å². The summed E-state index contributed by atoms with van der Waals surface area (Å²) in [4.78, 5) is 0. The van der Waals surface area contributed by atoms with Crippen molar-refractivity contribution in [2.45, 2.75) is 40.5 Å². The number of rotatable bonds is 5. The monoisotopic (exact) mass is 340 g/mol. The van der Waals surface area contributed by atoms with Crippen molar-refractivity contribution in [3.8, 4) is 22.3 Å². The quantitative estimate of drug-likeness (QED) is 0.423. The van der Waals surface area contributed by atoms with E-state index in [1.807, 2.05) is 0 Å². The van der Waals surface area contributed by atoms with Gasteiger partial charge < -0.3 is 0 Å². The molecule has 0 amide bonds. The van der Waals surface area contributed by atoms with Crippen molar-refractivity contribution in [1.82, 2.24) is 0 Å². The van der Waals surface area contributed by atoms with Crippen molar-refractivity contribution in [2.75, 3.05) is 0 Å². The van der Waals surface area contributed by atoms with Crippen LogP contribution in [0.4, 0.5) is 0 Å². The van der Waals surface area contributed by atoms with Crippen LogP contribution >= 0.6 is 0 Å². The Hall–Kier alpha value is -2.60. The molecule has 0 nitrogen and oxygen atoms in total. The van der Waals surface area contributed by atoms with Crippen molar-refractivity contribution in [3.63, 3.8) is 0 Å². The Labute approximate surface area is 158 Å². The molecule has 0 spiro atoms. The molecule has 0 radical (unpaired) electrons. The first-order valence-corrected chi connectivity index (χ1v) is 9.48. The van der Waals surface area contributed by atoms with E-state index in [1.54, 1.807) is 0 Å². The van der Waals surface area contributed by atoms with Crippen molar-refractivity contribution in [2.24, 2.45) is 0 Å². The van der Waals surface area contributed by atoms with E-state index in [0.717, 1.165) is 12.8 Å². The molecule has 132 valence electrons. The fourth-order valence-electron chi connectivity index (χ4n) is 3.45. The third kappa shape index (κ3) is 3.96. The average molecular weight is 341 g/mol. The van der Waals surface area contributed by atoms with Crippen LogP contribution in [0.15, 0.2) is 72.8 Å². The largest absolute Gasteiger partial charge is 0.0917 e. The van der Waals surface area contributed by atoms with Crippen LogP contribution in [0.5, 0.6) is 0 Å². The van der Waals surface area contributed by atoms with Crippen LogP contribution in [0.2, 0.25) is 0 Å². The van der Waals surface area contributed by atoms with Gasteiger partial charge in [-0.25, -0.2) is 0 Å². The Kier molecular flexibility index (Phi) is 5.73. The molecular formula is C26H28. The van der Waals surface area contributed by atoms with Gasteiger partial charge in [0.2, 0.25) is 0 Å². The highest BCUT2D eigenvalue weighted by molar-refractivity contribution is 5.77. The first kappa shape index (κ1) is 18.2. The summed E-state index contributed by atoms with van der Waals surface area (Å²) >= 11 is 0. The molecule has 0 saturated carbocycles. The minimum Gasteiger partial charge on any atom is -0.0917 e. The Balaban J connectivity index is 1.89. The van der Waals surface area contributed by atoms with Crippen LogP contribution in [0.3, 0.4) is 0 Å². The molecule has 0 aliphatic rings. The van der Waals surface area contributed by atoms with E-state index in [1.165, 1.54) is 44.5 Å². The number of benzene rings is 3. The van der Waals surface area contributed by atoms with E-state index in [9.17, 15) is 0 Å². The summed E-state index contributed by atoms with van der Waals surface area (Å²) in [6.45, 7) is 8.68. The van der Waals surface area contributed by atoms with Gasteiger partial charge in [-0.3, -0.25) is 0 Å². The summed E-state index contributed by atoms with van der Waals surface area (Å²) in [6.07, 6.45) is 6.57. The zero-order chi connectivity index (χ0) is 18.5. The van der Waals surface area contributed by atoms with E-state index in [0.29, 0.717) is 0 Å². The Morgan fingerprint density at radius 1 is 0.654 bits per heavy atom. The molecule has 0 N–H and O–H groups in total. The molecule has 0 aliphatic carbocycles. The molecule has 3 rings (SSSR count). The molecular weight excluding hydrogens is 312 g/mol. The van der Waals surface area contributed by atoms with Gasteiger partial charge in [-0.05, 0) is 79.5 Å². The fraction of sp³-hybridized carbons (Fsp3) is 0.231. The van der Waals surface area contributed by atoms with Gasteiger partial charge in [-0.2, -0.15) is 0 Å². The van der Waals surface area contributed by atoms with Gasteiger partial charge in [0.25, 0.3) is 0 Å². The molecule has 0 aliphatic heterocycles. The standard InChI is InChI=1S/C26H28/c1-5-6-7-8-22-11-15-24(16-12-22)26-18-17-25(20(3)21(26)4)23-13-9-19(2)10-14-23/h5-6,9-18H,7-8H2,1-4H3/b6-5+. The van der Waals surface area contributed by atoms with Gasteiger partial charge in [0, 0.05) is 0 Å². The van der Waals surface area contributed by atoms with Crippen molar-refractivity contribution < 1.29 is 0 Å². The van der Waals surface area contributed by atoms with E-state index in [2.05, 4.69) is 101 Å². The van der Waals surface area contributed by atoms with E-state index < -0.39 is 0 Å². The zero-order valence-corrected chi connectivity index (χ0v) is 16.3. The van der Waals surface area contributed by atoms with Gasteiger partial charge in [-0.15, -0.1) is 0 Å². The summed E-state index contributed by atoms with van der Waals surface area (Å²) in [6, 6.07) is 22.4. The summed E-state index contributed by atoms with van der Waals surface area (Å²) in [5.41, 5.74) is 10.7. The maximum absolute atomic E-state index is 2.27. The molecule has 26 heavy (non-hydrogen) atoms. The lowest BCUT2D eigenvalue weighted by Crippen LogP contribution is -1.92. The highest BCUT2D eigenvalue weighted by Crippen LogP contribution is 2.33. The highest BCUT2D eigenvalue weighted by atomic mass is 14.1. The van der Waals surface area contributed by atoms with Gasteiger partial charge >= 0.3 is 0 Å². The minimum absolute atomic E-state index is 1.11. The van der Waals surface area contributed by atoms with Gasteiger partial charge in [0.05, 0.1) is 0 Å². The van der Waals surface area contributed by atoms with Crippen molar-refractivity contribution in [3.05, 3.63) is 95.1 Å². The van der Waals surface area contributed by atoms with Crippen LogP contribution in [-0.2, 0) is 6.42 Å². The normalized spacial score (nSPS) is 11.2. The smallest absolute Gasteiger partial charge is 0.0152 e. The summed E-state index contributed by atoms with van der Waals surface area (Å²) in [7, 11) is 0. The third-order valence-corrected chi connectivity index (χ3v) is 5.25.